The molecule has 0 bridgehead atoms. The topological polar surface area (TPSA) is 53.2 Å². The molecule has 0 fully saturated rings. The van der Waals surface area contributed by atoms with E-state index < -0.39 is 0 Å². The minimum Gasteiger partial charge on any atom is -0.437 e. The number of hydrogen-bond donors (Lipinski definition) is 0. The molecule has 0 spiro atoms. The zero-order chi connectivity index (χ0) is 36.2. The van der Waals surface area contributed by atoms with Crippen molar-refractivity contribution >= 4 is 115 Å². The normalized spacial score (nSPS) is 12.6. The van der Waals surface area contributed by atoms with Gasteiger partial charge in [-0.05, 0) is 41.8 Å². The zero-order valence-electron chi connectivity index (χ0n) is 29.7. The molecular weight excluding hydrogens is 687 g/mol. The van der Waals surface area contributed by atoms with Crippen LogP contribution in [-0.2, 0) is 0 Å². The number of hydrogen-bond acceptors (Lipinski definition) is 3. The Morgan fingerprint density at radius 2 is 0.964 bits per heavy atom. The van der Waals surface area contributed by atoms with E-state index in [9.17, 15) is 0 Å². The van der Waals surface area contributed by atoms with E-state index in [1.807, 2.05) is 12.1 Å². The molecule has 6 aromatic heterocycles. The van der Waals surface area contributed by atoms with Gasteiger partial charge in [0.2, 0.25) is 11.7 Å². The van der Waals surface area contributed by atoms with Crippen molar-refractivity contribution in [1.82, 2.24) is 23.5 Å². The molecular formula is C50H27N5O. The third-order valence-electron chi connectivity index (χ3n) is 12.2. The molecule has 0 aliphatic carbocycles. The number of benzene rings is 8. The molecule has 14 rings (SSSR count). The maximum atomic E-state index is 6.65. The molecule has 6 nitrogen and oxygen atoms in total. The SMILES string of the molecule is c1ccc2c(c1)ccc1c3c4c5ccccc5n(-c5nc(-n6c7ccccc7c7ccccc76)nc6oc7ccccc7c56)c4cc4c5ccccc5n(c21)c43. The minimum absolute atomic E-state index is 0.554. The summed E-state index contributed by atoms with van der Waals surface area (Å²) in [6, 6.07) is 58.6. The lowest BCUT2D eigenvalue weighted by Gasteiger charge is -2.12. The first-order chi connectivity index (χ1) is 27.8. The van der Waals surface area contributed by atoms with Crippen molar-refractivity contribution in [2.75, 3.05) is 0 Å². The first-order valence-electron chi connectivity index (χ1n) is 19.0. The molecule has 0 atom stereocenters. The Bertz CT molecular complexity index is 3960. The maximum absolute atomic E-state index is 6.65. The van der Waals surface area contributed by atoms with Gasteiger partial charge in [-0.2, -0.15) is 9.97 Å². The van der Waals surface area contributed by atoms with Crippen LogP contribution in [0.25, 0.3) is 126 Å². The molecule has 0 saturated carbocycles. The van der Waals surface area contributed by atoms with Gasteiger partial charge in [-0.1, -0.05) is 127 Å². The highest BCUT2D eigenvalue weighted by atomic mass is 16.3. The third-order valence-corrected chi connectivity index (χ3v) is 12.2. The summed E-state index contributed by atoms with van der Waals surface area (Å²) in [5.74, 6) is 1.35. The predicted octanol–water partition coefficient (Wildman–Crippen LogP) is 12.9. The predicted molar refractivity (Wildman–Crippen MR) is 230 cm³/mol. The number of furan rings is 1. The second-order valence-electron chi connectivity index (χ2n) is 14.9. The van der Waals surface area contributed by atoms with Crippen LogP contribution in [0.15, 0.2) is 168 Å². The summed E-state index contributed by atoms with van der Waals surface area (Å²) in [6.07, 6.45) is 0. The average molecular weight is 714 g/mol. The molecule has 0 aliphatic heterocycles. The van der Waals surface area contributed by atoms with E-state index in [0.717, 1.165) is 55.0 Å². The number of nitrogens with zero attached hydrogens (tertiary/aromatic N) is 5. The smallest absolute Gasteiger partial charge is 0.240 e. The van der Waals surface area contributed by atoms with Gasteiger partial charge in [-0.25, -0.2) is 0 Å². The second-order valence-corrected chi connectivity index (χ2v) is 14.9. The lowest BCUT2D eigenvalue weighted by molar-refractivity contribution is 0.650. The molecule has 0 aliphatic rings. The van der Waals surface area contributed by atoms with Crippen molar-refractivity contribution in [1.29, 1.82) is 0 Å². The van der Waals surface area contributed by atoms with Gasteiger partial charge in [0.15, 0.2) is 5.82 Å². The first-order valence-corrected chi connectivity index (χ1v) is 19.0. The van der Waals surface area contributed by atoms with Crippen molar-refractivity contribution in [3.05, 3.63) is 164 Å². The summed E-state index contributed by atoms with van der Waals surface area (Å²) in [5.41, 5.74) is 9.30. The van der Waals surface area contributed by atoms with E-state index in [4.69, 9.17) is 14.4 Å². The van der Waals surface area contributed by atoms with Crippen LogP contribution in [0.4, 0.5) is 0 Å². The molecule has 0 unspecified atom stereocenters. The summed E-state index contributed by atoms with van der Waals surface area (Å²) in [5, 5.41) is 14.0. The molecule has 8 aromatic carbocycles. The molecule has 258 valence electrons. The molecule has 56 heavy (non-hydrogen) atoms. The van der Waals surface area contributed by atoms with Crippen LogP contribution in [0.2, 0.25) is 0 Å². The largest absolute Gasteiger partial charge is 0.437 e. The Morgan fingerprint density at radius 3 is 1.71 bits per heavy atom. The maximum Gasteiger partial charge on any atom is 0.240 e. The summed E-state index contributed by atoms with van der Waals surface area (Å²) in [6.45, 7) is 0. The average Bonchev–Trinajstić information content (AvgIpc) is 4.05. The highest BCUT2D eigenvalue weighted by molar-refractivity contribution is 6.37. The molecule has 0 radical (unpaired) electrons. The van der Waals surface area contributed by atoms with Crippen molar-refractivity contribution in [3.8, 4) is 11.8 Å². The fourth-order valence-corrected chi connectivity index (χ4v) is 9.99. The van der Waals surface area contributed by atoms with Gasteiger partial charge in [0.05, 0.1) is 44.0 Å². The second kappa shape index (κ2) is 10.1. The van der Waals surface area contributed by atoms with E-state index in [2.05, 4.69) is 165 Å². The quantitative estimate of drug-likeness (QED) is 0.179. The van der Waals surface area contributed by atoms with E-state index in [1.54, 1.807) is 0 Å². The Kier molecular flexibility index (Phi) is 5.18. The van der Waals surface area contributed by atoms with Gasteiger partial charge in [-0.3, -0.25) is 9.13 Å². The Balaban J connectivity index is 1.23. The Labute approximate surface area is 317 Å². The number of aromatic nitrogens is 5. The van der Waals surface area contributed by atoms with Crippen LogP contribution in [0, 0.1) is 0 Å². The lowest BCUT2D eigenvalue weighted by atomic mass is 10.00. The Hall–Kier alpha value is -7.70. The van der Waals surface area contributed by atoms with Crippen LogP contribution in [-0.4, -0.2) is 23.5 Å². The summed E-state index contributed by atoms with van der Waals surface area (Å²) in [4.78, 5) is 10.9. The number of para-hydroxylation sites is 5. The van der Waals surface area contributed by atoms with Gasteiger partial charge in [0.25, 0.3) is 0 Å². The van der Waals surface area contributed by atoms with Crippen molar-refractivity contribution < 1.29 is 4.42 Å². The van der Waals surface area contributed by atoms with Gasteiger partial charge >= 0.3 is 0 Å². The van der Waals surface area contributed by atoms with Crippen molar-refractivity contribution in [3.63, 3.8) is 0 Å². The lowest BCUT2D eigenvalue weighted by Crippen LogP contribution is -2.06. The van der Waals surface area contributed by atoms with Crippen LogP contribution in [0.3, 0.4) is 0 Å². The summed E-state index contributed by atoms with van der Waals surface area (Å²) < 4.78 is 13.7. The van der Waals surface area contributed by atoms with E-state index in [0.29, 0.717) is 11.7 Å². The van der Waals surface area contributed by atoms with Crippen LogP contribution < -0.4 is 0 Å². The zero-order valence-corrected chi connectivity index (χ0v) is 29.7. The van der Waals surface area contributed by atoms with E-state index in [-0.39, 0.29) is 0 Å². The van der Waals surface area contributed by atoms with E-state index in [1.165, 1.54) is 59.6 Å². The molecule has 0 amide bonds. The van der Waals surface area contributed by atoms with E-state index >= 15 is 0 Å². The molecule has 0 saturated heterocycles. The minimum atomic E-state index is 0.554. The monoisotopic (exact) mass is 713 g/mol. The molecule has 6 heteroatoms. The van der Waals surface area contributed by atoms with Crippen LogP contribution in [0.1, 0.15) is 0 Å². The number of rotatable bonds is 2. The van der Waals surface area contributed by atoms with Crippen molar-refractivity contribution in [2.24, 2.45) is 0 Å². The van der Waals surface area contributed by atoms with Gasteiger partial charge in [0, 0.05) is 53.9 Å². The fraction of sp³-hybridized carbons (Fsp3) is 0. The first kappa shape index (κ1) is 28.8. The highest BCUT2D eigenvalue weighted by Gasteiger charge is 2.28. The van der Waals surface area contributed by atoms with Gasteiger partial charge in [-0.15, -0.1) is 0 Å². The standard InChI is InChI=1S/C50H27N5O/c1-2-14-29-28(13-1)25-26-35-44-43-33-18-6-11-23-40(33)53(41(43)27-36-32-17-5-10-22-39(32)55(46(29)35)47(36)44)48-45-34-19-7-12-24-42(34)56-49(45)52-50(51-48)54-37-20-8-3-15-30(37)31-16-4-9-21-38(31)54/h1-27H. The Morgan fingerprint density at radius 1 is 0.375 bits per heavy atom. The molecule has 14 aromatic rings. The summed E-state index contributed by atoms with van der Waals surface area (Å²) in [7, 11) is 0. The number of fused-ring (bicyclic) bond motifs is 18. The molecule has 0 N–H and O–H groups in total. The van der Waals surface area contributed by atoms with Crippen LogP contribution in [0.5, 0.6) is 0 Å². The summed E-state index contributed by atoms with van der Waals surface area (Å²) >= 11 is 0. The third kappa shape index (κ3) is 3.39. The van der Waals surface area contributed by atoms with Gasteiger partial charge in [0.1, 0.15) is 5.58 Å². The highest BCUT2D eigenvalue weighted by Crippen LogP contribution is 2.48. The van der Waals surface area contributed by atoms with Crippen LogP contribution >= 0.6 is 0 Å². The van der Waals surface area contributed by atoms with Crippen molar-refractivity contribution in [2.45, 2.75) is 0 Å². The molecule has 6 heterocycles. The van der Waals surface area contributed by atoms with Gasteiger partial charge < -0.3 is 8.82 Å². The fourth-order valence-electron chi connectivity index (χ4n) is 9.99.